The van der Waals surface area contributed by atoms with Crippen LogP contribution >= 0.6 is 10.7 Å². The molecule has 4 nitrogen and oxygen atoms in total. The Labute approximate surface area is 88.3 Å². The molecule has 0 bridgehead atoms. The van der Waals surface area contributed by atoms with Crippen molar-refractivity contribution < 1.29 is 8.42 Å². The highest BCUT2D eigenvalue weighted by molar-refractivity contribution is 8.13. The number of aryl methyl sites for hydroxylation is 1. The maximum Gasteiger partial charge on any atom is 0.278 e. The van der Waals surface area contributed by atoms with Crippen molar-refractivity contribution in [3.63, 3.8) is 0 Å². The summed E-state index contributed by atoms with van der Waals surface area (Å²) in [7, 11) is 1.59. The van der Waals surface area contributed by atoms with Gasteiger partial charge in [0.2, 0.25) is 0 Å². The van der Waals surface area contributed by atoms with Crippen molar-refractivity contribution in [1.29, 1.82) is 0 Å². The first kappa shape index (κ1) is 11.5. The van der Waals surface area contributed by atoms with Gasteiger partial charge in [-0.1, -0.05) is 13.8 Å². The summed E-state index contributed by atoms with van der Waals surface area (Å²) in [6.07, 6.45) is 0. The van der Waals surface area contributed by atoms with Gasteiger partial charge in [-0.2, -0.15) is 5.10 Å². The van der Waals surface area contributed by atoms with Gasteiger partial charge in [0, 0.05) is 17.2 Å². The maximum atomic E-state index is 11.2. The summed E-state index contributed by atoms with van der Waals surface area (Å²) in [5.74, 6) is 0.325. The minimum atomic E-state index is -3.69. The molecule has 0 aliphatic carbocycles. The number of rotatable bonds is 3. The first-order chi connectivity index (χ1) is 6.30. The van der Waals surface area contributed by atoms with Crippen molar-refractivity contribution in [2.75, 3.05) is 0 Å². The Hall–Kier alpha value is -0.550. The molecule has 1 aromatic heterocycles. The summed E-state index contributed by atoms with van der Waals surface area (Å²) in [4.78, 5) is 0. The van der Waals surface area contributed by atoms with E-state index in [0.717, 1.165) is 0 Å². The zero-order valence-electron chi connectivity index (χ0n) is 8.36. The Morgan fingerprint density at radius 1 is 1.57 bits per heavy atom. The summed E-state index contributed by atoms with van der Waals surface area (Å²) >= 11 is 0. The van der Waals surface area contributed by atoms with Gasteiger partial charge in [0.05, 0.1) is 5.69 Å². The molecule has 0 radical (unpaired) electrons. The normalized spacial score (nSPS) is 12.4. The number of hydrogen-bond donors (Lipinski definition) is 0. The summed E-state index contributed by atoms with van der Waals surface area (Å²) in [5, 5.41) is 4.14. The van der Waals surface area contributed by atoms with Crippen molar-refractivity contribution in [3.05, 3.63) is 11.8 Å². The molecule has 1 aromatic rings. The first-order valence-corrected chi connectivity index (χ1v) is 6.60. The van der Waals surface area contributed by atoms with Crippen molar-refractivity contribution in [1.82, 2.24) is 9.78 Å². The zero-order chi connectivity index (χ0) is 10.9. The highest BCUT2D eigenvalue weighted by Gasteiger charge is 2.18. The fourth-order valence-corrected chi connectivity index (χ4v) is 2.25. The van der Waals surface area contributed by atoms with Crippen LogP contribution in [0.15, 0.2) is 11.1 Å². The van der Waals surface area contributed by atoms with Crippen LogP contribution in [0.25, 0.3) is 0 Å². The average Bonchev–Trinajstić information content (AvgIpc) is 2.28. The van der Waals surface area contributed by atoms with Crippen LogP contribution < -0.4 is 0 Å². The van der Waals surface area contributed by atoms with E-state index in [-0.39, 0.29) is 5.03 Å². The van der Waals surface area contributed by atoms with Crippen LogP contribution in [0.5, 0.6) is 0 Å². The number of hydrogen-bond acceptors (Lipinski definition) is 3. The van der Waals surface area contributed by atoms with Gasteiger partial charge >= 0.3 is 0 Å². The Bertz CT molecular complexity index is 423. The van der Waals surface area contributed by atoms with Crippen molar-refractivity contribution in [3.8, 4) is 0 Å². The minimum Gasteiger partial charge on any atom is -0.253 e. The minimum absolute atomic E-state index is 0.0744. The van der Waals surface area contributed by atoms with E-state index in [2.05, 4.69) is 5.10 Å². The Morgan fingerprint density at radius 3 is 2.57 bits per heavy atom. The Balaban J connectivity index is 3.16. The Kier molecular flexibility index (Phi) is 3.21. The second kappa shape index (κ2) is 3.90. The molecule has 0 aromatic carbocycles. The van der Waals surface area contributed by atoms with E-state index in [9.17, 15) is 8.42 Å². The van der Waals surface area contributed by atoms with Crippen LogP contribution in [0.4, 0.5) is 0 Å². The van der Waals surface area contributed by atoms with Crippen LogP contribution in [-0.4, -0.2) is 18.2 Å². The van der Waals surface area contributed by atoms with E-state index in [1.165, 1.54) is 10.7 Å². The van der Waals surface area contributed by atoms with Crippen molar-refractivity contribution in [2.45, 2.75) is 32.3 Å². The SMILES string of the molecule is Cc1cc(S(=O)(=O)Cl)n(CC(C)C)n1. The third-order valence-corrected chi connectivity index (χ3v) is 2.96. The molecular weight excluding hydrogens is 224 g/mol. The van der Waals surface area contributed by atoms with Gasteiger partial charge < -0.3 is 0 Å². The van der Waals surface area contributed by atoms with Gasteiger partial charge in [-0.3, -0.25) is 4.68 Å². The first-order valence-electron chi connectivity index (χ1n) is 4.30. The van der Waals surface area contributed by atoms with Crippen molar-refractivity contribution in [2.24, 2.45) is 5.92 Å². The van der Waals surface area contributed by atoms with Crippen molar-refractivity contribution >= 4 is 19.7 Å². The summed E-state index contributed by atoms with van der Waals surface area (Å²) in [5.41, 5.74) is 0.657. The molecule has 0 amide bonds. The molecule has 0 aliphatic rings. The second-order valence-electron chi connectivity index (χ2n) is 3.64. The molecule has 0 saturated carbocycles. The van der Waals surface area contributed by atoms with Gasteiger partial charge in [-0.15, -0.1) is 0 Å². The van der Waals surface area contributed by atoms with Crippen LogP contribution in [-0.2, 0) is 15.6 Å². The average molecular weight is 237 g/mol. The smallest absolute Gasteiger partial charge is 0.253 e. The third-order valence-electron chi connectivity index (χ3n) is 1.65. The standard InChI is InChI=1S/C8H13ClN2O2S/c1-6(2)5-11-8(14(9,12)13)4-7(3)10-11/h4,6H,5H2,1-3H3. The van der Waals surface area contributed by atoms with Crippen LogP contribution in [0, 0.1) is 12.8 Å². The lowest BCUT2D eigenvalue weighted by Crippen LogP contribution is -2.11. The number of halogens is 1. The lowest BCUT2D eigenvalue weighted by atomic mass is 10.2. The van der Waals surface area contributed by atoms with Gasteiger partial charge in [0.1, 0.15) is 0 Å². The van der Waals surface area contributed by atoms with Gasteiger partial charge in [0.15, 0.2) is 5.03 Å². The molecule has 80 valence electrons. The topological polar surface area (TPSA) is 52.0 Å². The molecular formula is C8H13ClN2O2S. The molecule has 0 N–H and O–H groups in total. The predicted molar refractivity (Wildman–Crippen MR) is 54.8 cm³/mol. The molecule has 0 fully saturated rings. The monoisotopic (exact) mass is 236 g/mol. The van der Waals surface area contributed by atoms with Gasteiger partial charge in [-0.05, 0) is 18.9 Å². The summed E-state index contributed by atoms with van der Waals surface area (Å²) < 4.78 is 23.7. The number of aromatic nitrogens is 2. The molecule has 6 heteroatoms. The largest absolute Gasteiger partial charge is 0.278 e. The predicted octanol–water partition coefficient (Wildman–Crippen LogP) is 1.78. The van der Waals surface area contributed by atoms with E-state index in [4.69, 9.17) is 10.7 Å². The molecule has 14 heavy (non-hydrogen) atoms. The van der Waals surface area contributed by atoms with E-state index < -0.39 is 9.05 Å². The van der Waals surface area contributed by atoms with Crippen LogP contribution in [0.3, 0.4) is 0 Å². The molecule has 0 unspecified atom stereocenters. The lowest BCUT2D eigenvalue weighted by molar-refractivity contribution is 0.449. The van der Waals surface area contributed by atoms with Crippen LogP contribution in [0.1, 0.15) is 19.5 Å². The lowest BCUT2D eigenvalue weighted by Gasteiger charge is -2.07. The highest BCUT2D eigenvalue weighted by atomic mass is 35.7. The quantitative estimate of drug-likeness (QED) is 0.752. The second-order valence-corrected chi connectivity index (χ2v) is 6.15. The van der Waals surface area contributed by atoms with E-state index >= 15 is 0 Å². The van der Waals surface area contributed by atoms with E-state index in [1.54, 1.807) is 6.92 Å². The summed E-state index contributed by atoms with van der Waals surface area (Å²) in [6, 6.07) is 1.48. The molecule has 1 heterocycles. The third kappa shape index (κ3) is 2.72. The molecule has 0 atom stereocenters. The van der Waals surface area contributed by atoms with Gasteiger partial charge in [0.25, 0.3) is 9.05 Å². The number of nitrogens with zero attached hydrogens (tertiary/aromatic N) is 2. The zero-order valence-corrected chi connectivity index (χ0v) is 9.93. The molecule has 0 aliphatic heterocycles. The molecule has 0 saturated heterocycles. The molecule has 1 rings (SSSR count). The van der Waals surface area contributed by atoms with Crippen LogP contribution in [0.2, 0.25) is 0 Å². The fourth-order valence-electron chi connectivity index (χ4n) is 1.19. The molecule has 0 spiro atoms. The van der Waals surface area contributed by atoms with E-state index in [0.29, 0.717) is 18.2 Å². The maximum absolute atomic E-state index is 11.2. The summed E-state index contributed by atoms with van der Waals surface area (Å²) in [6.45, 7) is 6.26. The Morgan fingerprint density at radius 2 is 2.14 bits per heavy atom. The van der Waals surface area contributed by atoms with E-state index in [1.807, 2.05) is 13.8 Å². The van der Waals surface area contributed by atoms with Gasteiger partial charge in [-0.25, -0.2) is 8.42 Å². The highest BCUT2D eigenvalue weighted by Crippen LogP contribution is 2.17. The fraction of sp³-hybridized carbons (Fsp3) is 0.625.